The zero-order chi connectivity index (χ0) is 14.8. The number of amides is 1. The van der Waals surface area contributed by atoms with Crippen molar-refractivity contribution in [2.45, 2.75) is 52.5 Å². The first kappa shape index (κ1) is 14.1. The lowest BCUT2D eigenvalue weighted by Gasteiger charge is -2.36. The van der Waals surface area contributed by atoms with Gasteiger partial charge in [-0.05, 0) is 37.0 Å². The Hall–Kier alpha value is -0.840. The predicted octanol–water partition coefficient (Wildman–Crippen LogP) is 2.32. The lowest BCUT2D eigenvalue weighted by atomic mass is 9.69. The van der Waals surface area contributed by atoms with E-state index in [1.807, 2.05) is 6.92 Å². The normalized spacial score (nSPS) is 40.5. The van der Waals surface area contributed by atoms with Gasteiger partial charge in [0.1, 0.15) is 0 Å². The average molecular weight is 297 g/mol. The van der Waals surface area contributed by atoms with Crippen molar-refractivity contribution in [3.63, 3.8) is 0 Å². The van der Waals surface area contributed by atoms with Gasteiger partial charge in [-0.3, -0.25) is 4.79 Å². The monoisotopic (exact) mass is 297 g/mol. The van der Waals surface area contributed by atoms with Crippen molar-refractivity contribution in [2.24, 2.45) is 16.7 Å². The summed E-state index contributed by atoms with van der Waals surface area (Å²) in [7, 11) is -3.46. The molecule has 3 aliphatic rings. The first-order valence-corrected chi connectivity index (χ1v) is 9.10. The maximum absolute atomic E-state index is 12.5. The van der Waals surface area contributed by atoms with Gasteiger partial charge in [0, 0.05) is 11.5 Å². The van der Waals surface area contributed by atoms with Gasteiger partial charge < -0.3 is 0 Å². The predicted molar refractivity (Wildman–Crippen MR) is 77.4 cm³/mol. The minimum absolute atomic E-state index is 0.0221. The number of hydrogen-bond acceptors (Lipinski definition) is 3. The second-order valence-electron chi connectivity index (χ2n) is 7.07. The van der Waals surface area contributed by atoms with Gasteiger partial charge in [-0.2, -0.15) is 0 Å². The lowest BCUT2D eigenvalue weighted by molar-refractivity contribution is -0.124. The topological polar surface area (TPSA) is 54.5 Å². The molecule has 2 aliphatic carbocycles. The number of carbonyl (C=O) groups excluding carboxylic acids is 1. The number of fused-ring (bicyclic) bond motifs is 1. The van der Waals surface area contributed by atoms with Crippen molar-refractivity contribution in [1.29, 1.82) is 0 Å². The van der Waals surface area contributed by atoms with Crippen LogP contribution >= 0.6 is 0 Å². The number of allylic oxidation sites excluding steroid dienone is 1. The van der Waals surface area contributed by atoms with E-state index in [1.54, 1.807) is 6.08 Å². The standard InChI is InChI=1S/C15H23NO3S/c1-4-5-6-13(17)16-12-9-11-7-8-15(12,14(11,2)3)10-20(16,18)19/h5-6,11-12H,4,7-10H2,1-3H3/b6-5+/t11-,12-,15-/m0/s1. The molecule has 20 heavy (non-hydrogen) atoms. The Morgan fingerprint density at radius 2 is 2.10 bits per heavy atom. The summed E-state index contributed by atoms with van der Waals surface area (Å²) >= 11 is 0. The van der Waals surface area contributed by atoms with E-state index in [1.165, 1.54) is 10.4 Å². The Morgan fingerprint density at radius 1 is 1.40 bits per heavy atom. The maximum Gasteiger partial charge on any atom is 0.259 e. The average Bonchev–Trinajstić information content (AvgIpc) is 2.82. The molecule has 0 N–H and O–H groups in total. The first-order valence-electron chi connectivity index (χ1n) is 7.49. The molecule has 0 unspecified atom stereocenters. The third-order valence-electron chi connectivity index (χ3n) is 6.12. The fourth-order valence-electron chi connectivity index (χ4n) is 4.87. The van der Waals surface area contributed by atoms with Crippen molar-refractivity contribution in [2.75, 3.05) is 5.75 Å². The van der Waals surface area contributed by atoms with E-state index in [0.717, 1.165) is 25.7 Å². The van der Waals surface area contributed by atoms with Gasteiger partial charge in [0.05, 0.1) is 11.8 Å². The Morgan fingerprint density at radius 3 is 2.70 bits per heavy atom. The fraction of sp³-hybridized carbons (Fsp3) is 0.800. The maximum atomic E-state index is 12.5. The number of sulfonamides is 1. The molecule has 0 aromatic heterocycles. The molecular formula is C15H23NO3S. The number of rotatable bonds is 2. The molecule has 1 spiro atoms. The largest absolute Gasteiger partial charge is 0.269 e. The summed E-state index contributed by atoms with van der Waals surface area (Å²) in [5, 5.41) is 0. The number of carbonyl (C=O) groups is 1. The van der Waals surface area contributed by atoms with Crippen molar-refractivity contribution in [1.82, 2.24) is 4.31 Å². The molecule has 5 heteroatoms. The molecule has 112 valence electrons. The molecule has 4 nitrogen and oxygen atoms in total. The Bertz CT molecular complexity index is 578. The summed E-state index contributed by atoms with van der Waals surface area (Å²) in [6.07, 6.45) is 6.79. The molecule has 3 atom stereocenters. The van der Waals surface area contributed by atoms with Gasteiger partial charge in [0.2, 0.25) is 10.0 Å². The molecule has 0 radical (unpaired) electrons. The summed E-state index contributed by atoms with van der Waals surface area (Å²) in [4.78, 5) is 12.3. The third-order valence-corrected chi connectivity index (χ3v) is 8.04. The molecule has 1 saturated heterocycles. The second-order valence-corrected chi connectivity index (χ2v) is 8.91. The quantitative estimate of drug-likeness (QED) is 0.735. The van der Waals surface area contributed by atoms with Crippen LogP contribution in [-0.4, -0.2) is 30.4 Å². The van der Waals surface area contributed by atoms with Gasteiger partial charge in [-0.15, -0.1) is 0 Å². The van der Waals surface area contributed by atoms with Crippen LogP contribution < -0.4 is 0 Å². The fourth-order valence-corrected chi connectivity index (χ4v) is 7.38. The van der Waals surface area contributed by atoms with Crippen LogP contribution in [0.2, 0.25) is 0 Å². The van der Waals surface area contributed by atoms with Crippen LogP contribution in [0.25, 0.3) is 0 Å². The van der Waals surface area contributed by atoms with E-state index in [0.29, 0.717) is 5.92 Å². The minimum atomic E-state index is -3.46. The van der Waals surface area contributed by atoms with Gasteiger partial charge in [0.15, 0.2) is 0 Å². The SMILES string of the molecule is CC/C=C/C(=O)N1[C@H]2C[C@@H]3CC[C@@]2(CS1(=O)=O)C3(C)C. The van der Waals surface area contributed by atoms with Crippen LogP contribution in [-0.2, 0) is 14.8 Å². The highest BCUT2D eigenvalue weighted by Gasteiger charge is 2.72. The first-order chi connectivity index (χ1) is 9.26. The summed E-state index contributed by atoms with van der Waals surface area (Å²) in [6.45, 7) is 6.32. The summed E-state index contributed by atoms with van der Waals surface area (Å²) in [5.41, 5.74) is -0.194. The summed E-state index contributed by atoms with van der Waals surface area (Å²) < 4.78 is 26.3. The Labute approximate surface area is 121 Å². The molecule has 1 amide bonds. The Kier molecular flexibility index (Phi) is 2.89. The van der Waals surface area contributed by atoms with Crippen LogP contribution in [0, 0.1) is 16.7 Å². The van der Waals surface area contributed by atoms with Crippen molar-refractivity contribution < 1.29 is 13.2 Å². The van der Waals surface area contributed by atoms with Crippen molar-refractivity contribution >= 4 is 15.9 Å². The van der Waals surface area contributed by atoms with Crippen LogP contribution in [0.5, 0.6) is 0 Å². The van der Waals surface area contributed by atoms with Gasteiger partial charge in [-0.25, -0.2) is 12.7 Å². The minimum Gasteiger partial charge on any atom is -0.269 e. The molecule has 0 aromatic rings. The zero-order valence-electron chi connectivity index (χ0n) is 12.4. The van der Waals surface area contributed by atoms with Gasteiger partial charge >= 0.3 is 0 Å². The highest BCUT2D eigenvalue weighted by Crippen LogP contribution is 2.69. The molecule has 3 rings (SSSR count). The summed E-state index contributed by atoms with van der Waals surface area (Å²) in [5.74, 6) is 0.352. The van der Waals surface area contributed by atoms with E-state index < -0.39 is 10.0 Å². The number of hydrogen-bond donors (Lipinski definition) is 0. The van der Waals surface area contributed by atoms with E-state index in [4.69, 9.17) is 0 Å². The summed E-state index contributed by atoms with van der Waals surface area (Å²) in [6, 6.07) is -0.116. The smallest absolute Gasteiger partial charge is 0.259 e. The highest BCUT2D eigenvalue weighted by molar-refractivity contribution is 7.90. The second kappa shape index (κ2) is 4.09. The van der Waals surface area contributed by atoms with Crippen LogP contribution in [0.3, 0.4) is 0 Å². The van der Waals surface area contributed by atoms with Gasteiger partial charge in [0.25, 0.3) is 5.91 Å². The Balaban J connectivity index is 2.02. The van der Waals surface area contributed by atoms with Crippen LogP contribution in [0.1, 0.15) is 46.5 Å². The molecule has 1 heterocycles. The van der Waals surface area contributed by atoms with Crippen LogP contribution in [0.4, 0.5) is 0 Å². The molecule has 3 fully saturated rings. The molecule has 2 bridgehead atoms. The van der Waals surface area contributed by atoms with Crippen LogP contribution in [0.15, 0.2) is 12.2 Å². The molecule has 2 saturated carbocycles. The third kappa shape index (κ3) is 1.53. The number of nitrogens with zero attached hydrogens (tertiary/aromatic N) is 1. The lowest BCUT2D eigenvalue weighted by Crippen LogP contribution is -2.43. The zero-order valence-corrected chi connectivity index (χ0v) is 13.2. The van der Waals surface area contributed by atoms with Gasteiger partial charge in [-0.1, -0.05) is 26.8 Å². The van der Waals surface area contributed by atoms with Crippen molar-refractivity contribution in [3.05, 3.63) is 12.2 Å². The van der Waals surface area contributed by atoms with E-state index in [-0.39, 0.29) is 28.5 Å². The van der Waals surface area contributed by atoms with E-state index >= 15 is 0 Å². The van der Waals surface area contributed by atoms with E-state index in [9.17, 15) is 13.2 Å². The van der Waals surface area contributed by atoms with E-state index in [2.05, 4.69) is 13.8 Å². The molecular weight excluding hydrogens is 274 g/mol. The van der Waals surface area contributed by atoms with Crippen molar-refractivity contribution in [3.8, 4) is 0 Å². The molecule has 1 aliphatic heterocycles. The highest BCUT2D eigenvalue weighted by atomic mass is 32.2. The molecule has 0 aromatic carbocycles.